The Bertz CT molecular complexity index is 566. The van der Waals surface area contributed by atoms with Crippen molar-refractivity contribution in [3.05, 3.63) is 45.4 Å². The van der Waals surface area contributed by atoms with E-state index in [1.54, 1.807) is 12.1 Å². The summed E-state index contributed by atoms with van der Waals surface area (Å²) in [4.78, 5) is 19.5. The molecule has 18 heavy (non-hydrogen) atoms. The van der Waals surface area contributed by atoms with Gasteiger partial charge >= 0.3 is 0 Å². The Balaban J connectivity index is 2.28. The second-order valence-electron chi connectivity index (χ2n) is 3.43. The summed E-state index contributed by atoms with van der Waals surface area (Å²) in [6, 6.07) is 3.51. The molecule has 2 aromatic rings. The summed E-state index contributed by atoms with van der Waals surface area (Å²) in [5, 5.41) is 2.71. The summed E-state index contributed by atoms with van der Waals surface area (Å²) in [5.41, 5.74) is 7.19. The molecule has 0 saturated carbocycles. The maximum Gasteiger partial charge on any atom is 0.258 e. The molecule has 7 heteroatoms. The molecule has 2 rings (SSSR count). The number of hydrogen-bond donors (Lipinski definition) is 2. The largest absolute Gasteiger partial charge is 0.397 e. The zero-order valence-electron chi connectivity index (χ0n) is 9.02. The molecule has 3 N–H and O–H groups in total. The minimum absolute atomic E-state index is 0.315. The second-order valence-corrected chi connectivity index (χ2v) is 5.20. The van der Waals surface area contributed by atoms with Gasteiger partial charge in [0.05, 0.1) is 16.9 Å². The number of aromatic nitrogens is 2. The SMILES string of the molecule is Nc1cc(Br)cc(Br)c1NC(=O)c1cncnc1. The molecule has 0 unspecified atom stereocenters. The quantitative estimate of drug-likeness (QED) is 0.795. The number of benzene rings is 1. The molecule has 1 heterocycles. The first kappa shape index (κ1) is 13.0. The molecule has 0 aliphatic heterocycles. The fourth-order valence-electron chi connectivity index (χ4n) is 1.33. The van der Waals surface area contributed by atoms with Crippen molar-refractivity contribution in [1.82, 2.24) is 9.97 Å². The van der Waals surface area contributed by atoms with Crippen molar-refractivity contribution >= 4 is 49.1 Å². The molecular formula is C11H8Br2N4O. The molecule has 5 nitrogen and oxygen atoms in total. The summed E-state index contributed by atoms with van der Waals surface area (Å²) in [5.74, 6) is -0.315. The van der Waals surface area contributed by atoms with Gasteiger partial charge in [-0.25, -0.2) is 9.97 Å². The average Bonchev–Trinajstić information content (AvgIpc) is 2.34. The van der Waals surface area contributed by atoms with Gasteiger partial charge in [0, 0.05) is 21.3 Å². The number of rotatable bonds is 2. The molecular weight excluding hydrogens is 364 g/mol. The van der Waals surface area contributed by atoms with Crippen molar-refractivity contribution < 1.29 is 4.79 Å². The van der Waals surface area contributed by atoms with Crippen molar-refractivity contribution in [1.29, 1.82) is 0 Å². The van der Waals surface area contributed by atoms with Crippen LogP contribution in [0.5, 0.6) is 0 Å². The van der Waals surface area contributed by atoms with Gasteiger partial charge in [0.2, 0.25) is 0 Å². The van der Waals surface area contributed by atoms with Gasteiger partial charge in [0.15, 0.2) is 0 Å². The van der Waals surface area contributed by atoms with E-state index in [9.17, 15) is 4.79 Å². The summed E-state index contributed by atoms with van der Waals surface area (Å²) in [6.07, 6.45) is 4.23. The van der Waals surface area contributed by atoms with Crippen LogP contribution in [0.2, 0.25) is 0 Å². The fraction of sp³-hybridized carbons (Fsp3) is 0. The number of anilines is 2. The molecule has 0 aliphatic rings. The normalized spacial score (nSPS) is 10.1. The van der Waals surface area contributed by atoms with E-state index < -0.39 is 0 Å². The monoisotopic (exact) mass is 370 g/mol. The van der Waals surface area contributed by atoms with Crippen LogP contribution in [-0.4, -0.2) is 15.9 Å². The van der Waals surface area contributed by atoms with E-state index in [1.165, 1.54) is 18.7 Å². The molecule has 1 aromatic carbocycles. The number of hydrogen-bond acceptors (Lipinski definition) is 4. The Morgan fingerprint density at radius 3 is 2.50 bits per heavy atom. The lowest BCUT2D eigenvalue weighted by Gasteiger charge is -2.10. The van der Waals surface area contributed by atoms with Gasteiger partial charge in [0.1, 0.15) is 6.33 Å². The van der Waals surface area contributed by atoms with Crippen LogP contribution in [0.25, 0.3) is 0 Å². The number of nitrogens with two attached hydrogens (primary N) is 1. The third kappa shape index (κ3) is 2.85. The fourth-order valence-corrected chi connectivity index (χ4v) is 2.68. The highest BCUT2D eigenvalue weighted by molar-refractivity contribution is 9.11. The number of nitrogens with zero attached hydrogens (tertiary/aromatic N) is 2. The maximum absolute atomic E-state index is 11.9. The average molecular weight is 372 g/mol. The van der Waals surface area contributed by atoms with E-state index in [1.807, 2.05) is 0 Å². The summed E-state index contributed by atoms with van der Waals surface area (Å²) >= 11 is 6.66. The van der Waals surface area contributed by atoms with Crippen LogP contribution in [0, 0.1) is 0 Å². The third-order valence-corrected chi connectivity index (χ3v) is 3.23. The summed E-state index contributed by atoms with van der Waals surface area (Å²) in [7, 11) is 0. The summed E-state index contributed by atoms with van der Waals surface area (Å²) in [6.45, 7) is 0. The standard InChI is InChI=1S/C11H8Br2N4O/c12-7-1-8(13)10(9(14)2-7)17-11(18)6-3-15-5-16-4-6/h1-5H,14H2,(H,17,18). The number of carbonyl (C=O) groups excluding carboxylic acids is 1. The van der Waals surface area contributed by atoms with E-state index in [0.29, 0.717) is 21.4 Å². The van der Waals surface area contributed by atoms with Gasteiger partial charge in [-0.3, -0.25) is 4.79 Å². The Labute approximate surface area is 120 Å². The summed E-state index contributed by atoms with van der Waals surface area (Å²) < 4.78 is 1.52. The van der Waals surface area contributed by atoms with Gasteiger partial charge < -0.3 is 11.1 Å². The molecule has 0 aliphatic carbocycles. The minimum Gasteiger partial charge on any atom is -0.397 e. The molecule has 0 spiro atoms. The van der Waals surface area contributed by atoms with E-state index in [0.717, 1.165) is 4.47 Å². The van der Waals surface area contributed by atoms with Crippen LogP contribution < -0.4 is 11.1 Å². The number of carbonyl (C=O) groups is 1. The highest BCUT2D eigenvalue weighted by atomic mass is 79.9. The van der Waals surface area contributed by atoms with Crippen LogP contribution in [0.15, 0.2) is 39.8 Å². The Morgan fingerprint density at radius 2 is 1.89 bits per heavy atom. The van der Waals surface area contributed by atoms with Crippen molar-refractivity contribution in [2.24, 2.45) is 0 Å². The molecule has 0 saturated heterocycles. The first-order valence-corrected chi connectivity index (χ1v) is 6.47. The Hall–Kier alpha value is -1.47. The molecule has 92 valence electrons. The topological polar surface area (TPSA) is 80.9 Å². The van der Waals surface area contributed by atoms with Crippen LogP contribution in [0.1, 0.15) is 10.4 Å². The first-order valence-electron chi connectivity index (χ1n) is 4.89. The first-order chi connectivity index (χ1) is 8.58. The van der Waals surface area contributed by atoms with E-state index >= 15 is 0 Å². The molecule has 1 amide bonds. The van der Waals surface area contributed by atoms with Crippen LogP contribution in [0.3, 0.4) is 0 Å². The van der Waals surface area contributed by atoms with Crippen molar-refractivity contribution in [3.8, 4) is 0 Å². The third-order valence-electron chi connectivity index (χ3n) is 2.15. The van der Waals surface area contributed by atoms with Gasteiger partial charge in [-0.1, -0.05) is 15.9 Å². The van der Waals surface area contributed by atoms with E-state index in [2.05, 4.69) is 47.1 Å². The lowest BCUT2D eigenvalue weighted by Crippen LogP contribution is -2.14. The van der Waals surface area contributed by atoms with Crippen molar-refractivity contribution in [3.63, 3.8) is 0 Å². The highest BCUT2D eigenvalue weighted by Crippen LogP contribution is 2.32. The van der Waals surface area contributed by atoms with Crippen LogP contribution in [0.4, 0.5) is 11.4 Å². The maximum atomic E-state index is 11.9. The molecule has 0 radical (unpaired) electrons. The predicted octanol–water partition coefficient (Wildman–Crippen LogP) is 2.84. The van der Waals surface area contributed by atoms with Crippen molar-refractivity contribution in [2.45, 2.75) is 0 Å². The van der Waals surface area contributed by atoms with Crippen LogP contribution in [-0.2, 0) is 0 Å². The minimum atomic E-state index is -0.315. The number of nitrogen functional groups attached to an aromatic ring is 1. The predicted molar refractivity (Wildman–Crippen MR) is 76.2 cm³/mol. The number of halogens is 2. The zero-order valence-corrected chi connectivity index (χ0v) is 12.2. The van der Waals surface area contributed by atoms with Gasteiger partial charge in [-0.05, 0) is 28.1 Å². The highest BCUT2D eigenvalue weighted by Gasteiger charge is 2.12. The molecule has 0 bridgehead atoms. The van der Waals surface area contributed by atoms with Gasteiger partial charge in [0.25, 0.3) is 5.91 Å². The van der Waals surface area contributed by atoms with Crippen molar-refractivity contribution in [2.75, 3.05) is 11.1 Å². The zero-order chi connectivity index (χ0) is 13.1. The lowest BCUT2D eigenvalue weighted by atomic mass is 10.2. The molecule has 1 aromatic heterocycles. The Kier molecular flexibility index (Phi) is 3.93. The van der Waals surface area contributed by atoms with Gasteiger partial charge in [-0.2, -0.15) is 0 Å². The van der Waals surface area contributed by atoms with Gasteiger partial charge in [-0.15, -0.1) is 0 Å². The van der Waals surface area contributed by atoms with E-state index in [-0.39, 0.29) is 5.91 Å². The van der Waals surface area contributed by atoms with Crippen LogP contribution >= 0.6 is 31.9 Å². The second kappa shape index (κ2) is 5.45. The lowest BCUT2D eigenvalue weighted by molar-refractivity contribution is 0.102. The van der Waals surface area contributed by atoms with E-state index in [4.69, 9.17) is 5.73 Å². The molecule has 0 fully saturated rings. The Morgan fingerprint density at radius 1 is 1.22 bits per heavy atom. The molecule has 0 atom stereocenters. The number of nitrogens with one attached hydrogen (secondary N) is 1. The number of amides is 1. The smallest absolute Gasteiger partial charge is 0.258 e.